The average molecular weight is 202 g/mol. The molecule has 1 unspecified atom stereocenters. The Hall–Kier alpha value is -0.610. The molecule has 0 saturated carbocycles. The highest BCUT2D eigenvalue weighted by Gasteiger charge is 2.11. The van der Waals surface area contributed by atoms with Crippen LogP contribution < -0.4 is 5.73 Å². The van der Waals surface area contributed by atoms with Gasteiger partial charge in [0.05, 0.1) is 0 Å². The predicted molar refractivity (Wildman–Crippen MR) is 57.0 cm³/mol. The Morgan fingerprint density at radius 1 is 1.57 bits per heavy atom. The summed E-state index contributed by atoms with van der Waals surface area (Å²) in [4.78, 5) is 13.3. The van der Waals surface area contributed by atoms with Crippen molar-refractivity contribution < 1.29 is 9.53 Å². The van der Waals surface area contributed by atoms with Crippen LogP contribution in [0.4, 0.5) is 0 Å². The van der Waals surface area contributed by atoms with Crippen molar-refractivity contribution in [2.24, 2.45) is 11.7 Å². The molecule has 0 aromatic heterocycles. The van der Waals surface area contributed by atoms with Gasteiger partial charge in [-0.3, -0.25) is 4.79 Å². The topological polar surface area (TPSA) is 55.6 Å². The second-order valence-electron chi connectivity index (χ2n) is 3.71. The summed E-state index contributed by atoms with van der Waals surface area (Å²) in [5.41, 5.74) is 5.45. The minimum Gasteiger partial charge on any atom is -0.385 e. The van der Waals surface area contributed by atoms with E-state index < -0.39 is 0 Å². The summed E-state index contributed by atoms with van der Waals surface area (Å²) in [6.07, 6.45) is 1.43. The number of carbonyl (C=O) groups excluding carboxylic acids is 1. The van der Waals surface area contributed by atoms with Crippen molar-refractivity contribution in [2.75, 3.05) is 33.9 Å². The Morgan fingerprint density at radius 2 is 2.21 bits per heavy atom. The molecule has 4 nitrogen and oxygen atoms in total. The molecule has 0 radical (unpaired) electrons. The molecule has 0 spiro atoms. The maximum Gasteiger partial charge on any atom is 0.222 e. The van der Waals surface area contributed by atoms with Crippen LogP contribution in [0.3, 0.4) is 0 Å². The third kappa shape index (κ3) is 5.94. The smallest absolute Gasteiger partial charge is 0.222 e. The molecule has 0 rings (SSSR count). The van der Waals surface area contributed by atoms with Crippen molar-refractivity contribution >= 4 is 5.91 Å². The van der Waals surface area contributed by atoms with Gasteiger partial charge >= 0.3 is 0 Å². The third-order valence-electron chi connectivity index (χ3n) is 2.19. The lowest BCUT2D eigenvalue weighted by Gasteiger charge is -2.18. The third-order valence-corrected chi connectivity index (χ3v) is 2.19. The Labute approximate surface area is 86.4 Å². The van der Waals surface area contributed by atoms with E-state index in [1.807, 2.05) is 14.0 Å². The van der Waals surface area contributed by atoms with E-state index in [0.29, 0.717) is 19.6 Å². The molecule has 84 valence electrons. The molecule has 0 aromatic rings. The maximum absolute atomic E-state index is 11.5. The summed E-state index contributed by atoms with van der Waals surface area (Å²) < 4.78 is 4.92. The Kier molecular flexibility index (Phi) is 7.42. The summed E-state index contributed by atoms with van der Waals surface area (Å²) in [6, 6.07) is 0. The van der Waals surface area contributed by atoms with E-state index in [1.165, 1.54) is 0 Å². The first-order valence-corrected chi connectivity index (χ1v) is 5.04. The lowest BCUT2D eigenvalue weighted by molar-refractivity contribution is -0.130. The lowest BCUT2D eigenvalue weighted by atomic mass is 10.1. The molecule has 0 aliphatic heterocycles. The number of hydrogen-bond donors (Lipinski definition) is 1. The molecule has 14 heavy (non-hydrogen) atoms. The van der Waals surface area contributed by atoms with Crippen molar-refractivity contribution in [3.8, 4) is 0 Å². The van der Waals surface area contributed by atoms with Crippen molar-refractivity contribution in [2.45, 2.75) is 19.8 Å². The highest BCUT2D eigenvalue weighted by molar-refractivity contribution is 5.76. The first kappa shape index (κ1) is 13.4. The van der Waals surface area contributed by atoms with Gasteiger partial charge in [0.15, 0.2) is 0 Å². The second-order valence-corrected chi connectivity index (χ2v) is 3.71. The van der Waals surface area contributed by atoms with Crippen LogP contribution in [-0.4, -0.2) is 44.7 Å². The van der Waals surface area contributed by atoms with Crippen molar-refractivity contribution in [3.63, 3.8) is 0 Å². The first-order chi connectivity index (χ1) is 6.61. The van der Waals surface area contributed by atoms with Crippen molar-refractivity contribution in [1.29, 1.82) is 0 Å². The lowest BCUT2D eigenvalue weighted by Crippen LogP contribution is -2.30. The standard InChI is InChI=1S/C10H22N2O2/c1-9(8-11)7-10(13)12(2)5-4-6-14-3/h9H,4-8,11H2,1-3H3. The molecule has 1 atom stereocenters. The minimum atomic E-state index is 0.166. The quantitative estimate of drug-likeness (QED) is 0.610. The summed E-state index contributed by atoms with van der Waals surface area (Å²) in [7, 11) is 3.49. The van der Waals surface area contributed by atoms with Crippen molar-refractivity contribution in [1.82, 2.24) is 4.90 Å². The second kappa shape index (κ2) is 7.76. The molecule has 0 aromatic carbocycles. The number of nitrogens with zero attached hydrogens (tertiary/aromatic N) is 1. The molecule has 0 aliphatic carbocycles. The van der Waals surface area contributed by atoms with Gasteiger partial charge in [0.2, 0.25) is 5.91 Å². The fourth-order valence-electron chi connectivity index (χ4n) is 1.11. The van der Waals surface area contributed by atoms with Crippen LogP contribution in [-0.2, 0) is 9.53 Å². The van der Waals surface area contributed by atoms with Gasteiger partial charge in [-0.25, -0.2) is 0 Å². The maximum atomic E-state index is 11.5. The van der Waals surface area contributed by atoms with E-state index in [4.69, 9.17) is 10.5 Å². The molecule has 1 amide bonds. The van der Waals surface area contributed by atoms with Gasteiger partial charge in [-0.2, -0.15) is 0 Å². The number of carbonyl (C=O) groups is 1. The zero-order valence-corrected chi connectivity index (χ0v) is 9.45. The Balaban J connectivity index is 3.64. The van der Waals surface area contributed by atoms with E-state index in [2.05, 4.69) is 0 Å². The fourth-order valence-corrected chi connectivity index (χ4v) is 1.11. The van der Waals surface area contributed by atoms with E-state index in [1.54, 1.807) is 12.0 Å². The molecule has 0 heterocycles. The van der Waals surface area contributed by atoms with E-state index >= 15 is 0 Å². The molecule has 0 aliphatic rings. The molecule has 2 N–H and O–H groups in total. The summed E-state index contributed by atoms with van der Waals surface area (Å²) in [5, 5.41) is 0. The van der Waals surface area contributed by atoms with Crippen LogP contribution >= 0.6 is 0 Å². The van der Waals surface area contributed by atoms with Gasteiger partial charge in [-0.15, -0.1) is 0 Å². The minimum absolute atomic E-state index is 0.166. The fraction of sp³-hybridized carbons (Fsp3) is 0.900. The van der Waals surface area contributed by atoms with E-state index in [9.17, 15) is 4.79 Å². The normalized spacial score (nSPS) is 12.6. The number of nitrogens with two attached hydrogens (primary N) is 1. The van der Waals surface area contributed by atoms with Crippen LogP contribution in [0, 0.1) is 5.92 Å². The van der Waals surface area contributed by atoms with E-state index in [0.717, 1.165) is 13.0 Å². The largest absolute Gasteiger partial charge is 0.385 e. The molecule has 0 bridgehead atoms. The zero-order chi connectivity index (χ0) is 11.0. The van der Waals surface area contributed by atoms with Gasteiger partial charge in [0.25, 0.3) is 0 Å². The van der Waals surface area contributed by atoms with Gasteiger partial charge < -0.3 is 15.4 Å². The highest BCUT2D eigenvalue weighted by atomic mass is 16.5. The first-order valence-electron chi connectivity index (χ1n) is 5.04. The van der Waals surface area contributed by atoms with Gasteiger partial charge in [-0.1, -0.05) is 6.92 Å². The number of hydrogen-bond acceptors (Lipinski definition) is 3. The van der Waals surface area contributed by atoms with Crippen LogP contribution in [0.5, 0.6) is 0 Å². The zero-order valence-electron chi connectivity index (χ0n) is 9.45. The molecule has 4 heteroatoms. The number of rotatable bonds is 7. The van der Waals surface area contributed by atoms with Crippen LogP contribution in [0.2, 0.25) is 0 Å². The summed E-state index contributed by atoms with van der Waals surface area (Å²) in [6.45, 7) is 4.01. The van der Waals surface area contributed by atoms with Crippen LogP contribution in [0.15, 0.2) is 0 Å². The van der Waals surface area contributed by atoms with E-state index in [-0.39, 0.29) is 11.8 Å². The van der Waals surface area contributed by atoms with Crippen molar-refractivity contribution in [3.05, 3.63) is 0 Å². The monoisotopic (exact) mass is 202 g/mol. The van der Waals surface area contributed by atoms with Crippen LogP contribution in [0.25, 0.3) is 0 Å². The van der Waals surface area contributed by atoms with Crippen LogP contribution in [0.1, 0.15) is 19.8 Å². The molecule has 0 saturated heterocycles. The van der Waals surface area contributed by atoms with Gasteiger partial charge in [0, 0.05) is 33.7 Å². The number of amides is 1. The van der Waals surface area contributed by atoms with Gasteiger partial charge in [0.1, 0.15) is 0 Å². The molecular weight excluding hydrogens is 180 g/mol. The SMILES string of the molecule is COCCCN(C)C(=O)CC(C)CN. The summed E-state index contributed by atoms with van der Waals surface area (Å²) >= 11 is 0. The molecular formula is C10H22N2O2. The number of ether oxygens (including phenoxy) is 1. The predicted octanol–water partition coefficient (Wildman–Crippen LogP) is 0.466. The Bertz CT molecular complexity index is 162. The Morgan fingerprint density at radius 3 is 2.71 bits per heavy atom. The average Bonchev–Trinajstić information content (AvgIpc) is 2.17. The van der Waals surface area contributed by atoms with Gasteiger partial charge in [-0.05, 0) is 18.9 Å². The summed E-state index contributed by atoms with van der Waals surface area (Å²) in [5.74, 6) is 0.437. The highest BCUT2D eigenvalue weighted by Crippen LogP contribution is 2.02. The number of methoxy groups -OCH3 is 1. The molecule has 0 fully saturated rings.